The highest BCUT2D eigenvalue weighted by Gasteiger charge is 2.11. The molecule has 28 heavy (non-hydrogen) atoms. The molecule has 0 saturated heterocycles. The highest BCUT2D eigenvalue weighted by atomic mass is 32.2. The first-order chi connectivity index (χ1) is 13.4. The highest BCUT2D eigenvalue weighted by Crippen LogP contribution is 2.23. The van der Waals surface area contributed by atoms with Crippen LogP contribution in [0.3, 0.4) is 0 Å². The van der Waals surface area contributed by atoms with Gasteiger partial charge in [0, 0.05) is 38.7 Å². The van der Waals surface area contributed by atoms with E-state index in [9.17, 15) is 4.79 Å². The number of carbonyl (C=O) groups excluding carboxylic acids is 1. The predicted octanol–water partition coefficient (Wildman–Crippen LogP) is 3.96. The number of carbonyl (C=O) groups is 1. The molecule has 1 aromatic heterocycles. The molecule has 0 aliphatic heterocycles. The van der Waals surface area contributed by atoms with Crippen LogP contribution in [0.2, 0.25) is 0 Å². The van der Waals surface area contributed by atoms with E-state index in [0.717, 1.165) is 22.1 Å². The molecule has 6 heteroatoms. The first kappa shape index (κ1) is 20.0. The van der Waals surface area contributed by atoms with E-state index in [-0.39, 0.29) is 5.91 Å². The molecule has 146 valence electrons. The Morgan fingerprint density at radius 1 is 1.14 bits per heavy atom. The van der Waals surface area contributed by atoms with E-state index in [1.54, 1.807) is 6.20 Å². The quantitative estimate of drug-likeness (QED) is 0.616. The summed E-state index contributed by atoms with van der Waals surface area (Å²) in [4.78, 5) is 18.7. The summed E-state index contributed by atoms with van der Waals surface area (Å²) in [5.41, 5.74) is 5.73. The van der Waals surface area contributed by atoms with Crippen molar-refractivity contribution in [2.24, 2.45) is 0 Å². The van der Waals surface area contributed by atoms with Crippen LogP contribution in [0, 0.1) is 13.8 Å². The van der Waals surface area contributed by atoms with E-state index in [0.29, 0.717) is 12.3 Å². The lowest BCUT2D eigenvalue weighted by atomic mass is 10.1. The van der Waals surface area contributed by atoms with Crippen LogP contribution in [-0.4, -0.2) is 35.3 Å². The van der Waals surface area contributed by atoms with Gasteiger partial charge in [-0.1, -0.05) is 41.6 Å². The standard InChI is InChI=1S/C22H26N4OS/c1-16-5-10-20(17(2)13-16)26-12-11-23-22(26)28-15-21(27)24-14-18-6-8-19(9-7-18)25(3)4/h5-13H,14-15H2,1-4H3,(H,24,27). The van der Waals surface area contributed by atoms with Crippen LogP contribution >= 0.6 is 11.8 Å². The zero-order valence-electron chi connectivity index (χ0n) is 16.8. The van der Waals surface area contributed by atoms with E-state index in [2.05, 4.69) is 59.4 Å². The molecule has 1 N–H and O–H groups in total. The summed E-state index contributed by atoms with van der Waals surface area (Å²) < 4.78 is 2.03. The number of nitrogens with zero attached hydrogens (tertiary/aromatic N) is 3. The van der Waals surface area contributed by atoms with E-state index in [4.69, 9.17) is 0 Å². The molecule has 0 aliphatic carbocycles. The minimum absolute atomic E-state index is 0.00290. The van der Waals surface area contributed by atoms with Crippen LogP contribution in [-0.2, 0) is 11.3 Å². The lowest BCUT2D eigenvalue weighted by Gasteiger charge is -2.13. The summed E-state index contributed by atoms with van der Waals surface area (Å²) in [6, 6.07) is 14.5. The number of anilines is 1. The average Bonchev–Trinajstić information content (AvgIpc) is 3.13. The zero-order valence-corrected chi connectivity index (χ0v) is 17.6. The third-order valence-corrected chi connectivity index (χ3v) is 5.46. The molecule has 0 radical (unpaired) electrons. The van der Waals surface area contributed by atoms with Crippen LogP contribution in [0.15, 0.2) is 60.0 Å². The Kier molecular flexibility index (Phi) is 6.41. The third kappa shape index (κ3) is 4.95. The van der Waals surface area contributed by atoms with Crippen molar-refractivity contribution in [1.29, 1.82) is 0 Å². The maximum absolute atomic E-state index is 12.3. The van der Waals surface area contributed by atoms with Crippen molar-refractivity contribution in [3.05, 3.63) is 71.5 Å². The maximum Gasteiger partial charge on any atom is 0.230 e. The van der Waals surface area contributed by atoms with Crippen molar-refractivity contribution in [2.45, 2.75) is 25.5 Å². The first-order valence-electron chi connectivity index (χ1n) is 9.21. The summed E-state index contributed by atoms with van der Waals surface area (Å²) in [5, 5.41) is 3.79. The van der Waals surface area contributed by atoms with Crippen LogP contribution in [0.4, 0.5) is 5.69 Å². The van der Waals surface area contributed by atoms with Gasteiger partial charge in [0.1, 0.15) is 0 Å². The van der Waals surface area contributed by atoms with Gasteiger partial charge >= 0.3 is 0 Å². The van der Waals surface area contributed by atoms with Crippen molar-refractivity contribution >= 4 is 23.4 Å². The molecule has 0 spiro atoms. The second kappa shape index (κ2) is 8.97. The maximum atomic E-state index is 12.3. The van der Waals surface area contributed by atoms with Crippen molar-refractivity contribution < 1.29 is 4.79 Å². The highest BCUT2D eigenvalue weighted by molar-refractivity contribution is 7.99. The van der Waals surface area contributed by atoms with Crippen LogP contribution in [0.1, 0.15) is 16.7 Å². The first-order valence-corrected chi connectivity index (χ1v) is 10.2. The Balaban J connectivity index is 1.56. The van der Waals surface area contributed by atoms with Crippen molar-refractivity contribution in [1.82, 2.24) is 14.9 Å². The molecule has 1 amide bonds. The molecular weight excluding hydrogens is 368 g/mol. The molecule has 3 rings (SSSR count). The van der Waals surface area contributed by atoms with Crippen LogP contribution < -0.4 is 10.2 Å². The SMILES string of the molecule is Cc1ccc(-n2ccnc2SCC(=O)NCc2ccc(N(C)C)cc2)c(C)c1. The Hall–Kier alpha value is -2.73. The van der Waals surface area contributed by atoms with Gasteiger partial charge in [0.2, 0.25) is 5.91 Å². The summed E-state index contributed by atoms with van der Waals surface area (Å²) in [6.45, 7) is 4.70. The average molecular weight is 395 g/mol. The fourth-order valence-electron chi connectivity index (χ4n) is 2.95. The van der Waals surface area contributed by atoms with Gasteiger partial charge in [-0.05, 0) is 43.2 Å². The fourth-order valence-corrected chi connectivity index (χ4v) is 3.75. The number of rotatable bonds is 7. The third-order valence-electron chi connectivity index (χ3n) is 4.49. The minimum atomic E-state index is -0.00290. The number of amides is 1. The zero-order chi connectivity index (χ0) is 20.1. The Morgan fingerprint density at radius 3 is 2.57 bits per heavy atom. The van der Waals surface area contributed by atoms with Crippen molar-refractivity contribution in [3.63, 3.8) is 0 Å². The fraction of sp³-hybridized carbons (Fsp3) is 0.273. The molecule has 0 unspecified atom stereocenters. The molecule has 0 bridgehead atoms. The second-order valence-electron chi connectivity index (χ2n) is 7.00. The molecule has 1 heterocycles. The summed E-state index contributed by atoms with van der Waals surface area (Å²) in [6.07, 6.45) is 3.70. The largest absolute Gasteiger partial charge is 0.378 e. The van der Waals surface area contributed by atoms with E-state index < -0.39 is 0 Å². The van der Waals surface area contributed by atoms with Gasteiger partial charge in [-0.15, -0.1) is 0 Å². The van der Waals surface area contributed by atoms with E-state index in [1.807, 2.05) is 37.0 Å². The Bertz CT molecular complexity index is 947. The van der Waals surface area contributed by atoms with E-state index in [1.165, 1.54) is 22.9 Å². The summed E-state index contributed by atoms with van der Waals surface area (Å²) in [5.74, 6) is 0.328. The number of benzene rings is 2. The number of hydrogen-bond donors (Lipinski definition) is 1. The molecular formula is C22H26N4OS. The van der Waals surface area contributed by atoms with Gasteiger partial charge in [-0.2, -0.15) is 0 Å². The Labute approximate surface area is 170 Å². The molecule has 0 aliphatic rings. The van der Waals surface area contributed by atoms with Gasteiger partial charge < -0.3 is 10.2 Å². The van der Waals surface area contributed by atoms with E-state index >= 15 is 0 Å². The van der Waals surface area contributed by atoms with Gasteiger partial charge in [-0.3, -0.25) is 9.36 Å². The van der Waals surface area contributed by atoms with Crippen molar-refractivity contribution in [2.75, 3.05) is 24.7 Å². The molecule has 5 nitrogen and oxygen atoms in total. The molecule has 3 aromatic rings. The number of nitrogens with one attached hydrogen (secondary N) is 1. The topological polar surface area (TPSA) is 50.2 Å². The van der Waals surface area contributed by atoms with Gasteiger partial charge in [-0.25, -0.2) is 4.98 Å². The second-order valence-corrected chi connectivity index (χ2v) is 7.94. The van der Waals surface area contributed by atoms with Gasteiger partial charge in [0.25, 0.3) is 0 Å². The molecule has 0 saturated carbocycles. The monoisotopic (exact) mass is 394 g/mol. The number of thioether (sulfide) groups is 1. The number of imidazole rings is 1. The molecule has 2 aromatic carbocycles. The molecule has 0 atom stereocenters. The number of hydrogen-bond acceptors (Lipinski definition) is 4. The normalized spacial score (nSPS) is 10.7. The van der Waals surface area contributed by atoms with Gasteiger partial charge in [0.05, 0.1) is 11.4 Å². The number of aryl methyl sites for hydroxylation is 2. The van der Waals surface area contributed by atoms with Gasteiger partial charge in [0.15, 0.2) is 5.16 Å². The summed E-state index contributed by atoms with van der Waals surface area (Å²) in [7, 11) is 4.02. The van der Waals surface area contributed by atoms with Crippen molar-refractivity contribution in [3.8, 4) is 5.69 Å². The summed E-state index contributed by atoms with van der Waals surface area (Å²) >= 11 is 1.44. The van der Waals surface area contributed by atoms with Crippen LogP contribution in [0.25, 0.3) is 5.69 Å². The predicted molar refractivity (Wildman–Crippen MR) is 116 cm³/mol. The number of aromatic nitrogens is 2. The van der Waals surface area contributed by atoms with Crippen LogP contribution in [0.5, 0.6) is 0 Å². The Morgan fingerprint density at radius 2 is 1.89 bits per heavy atom. The lowest BCUT2D eigenvalue weighted by Crippen LogP contribution is -2.24. The minimum Gasteiger partial charge on any atom is -0.378 e. The lowest BCUT2D eigenvalue weighted by molar-refractivity contribution is -0.118. The molecule has 0 fully saturated rings. The smallest absolute Gasteiger partial charge is 0.230 e.